The van der Waals surface area contributed by atoms with Crippen LogP contribution in [0.15, 0.2) is 82.8 Å². The number of hydrogen-bond acceptors (Lipinski definition) is 5. The lowest BCUT2D eigenvalue weighted by molar-refractivity contribution is -0.115. The number of nitrogens with two attached hydrogens (primary N) is 1. The van der Waals surface area contributed by atoms with Crippen molar-refractivity contribution in [3.63, 3.8) is 0 Å². The zero-order valence-electron chi connectivity index (χ0n) is 19.6. The molecule has 9 heteroatoms. The summed E-state index contributed by atoms with van der Waals surface area (Å²) in [5.41, 5.74) is 6.53. The van der Waals surface area contributed by atoms with Crippen LogP contribution in [-0.2, 0) is 14.8 Å². The summed E-state index contributed by atoms with van der Waals surface area (Å²) >= 11 is 1.31. The maximum absolute atomic E-state index is 12.8. The number of carbonyl (C=O) groups excluding carboxylic acids is 1. The SMILES string of the molecule is Cc1ccc(-c2nc(SC(C)C(=O)Nc3ccc(S(N)(=O)=O)cc3)[nH]c2-c2ccc(C)cc2)cc1. The molecule has 35 heavy (non-hydrogen) atoms. The Morgan fingerprint density at radius 1 is 0.914 bits per heavy atom. The van der Waals surface area contributed by atoms with Crippen LogP contribution in [0.25, 0.3) is 22.5 Å². The number of aromatic nitrogens is 2. The summed E-state index contributed by atoms with van der Waals surface area (Å²) < 4.78 is 22.8. The van der Waals surface area contributed by atoms with E-state index in [2.05, 4.69) is 34.6 Å². The summed E-state index contributed by atoms with van der Waals surface area (Å²) in [6.07, 6.45) is 0. The Hall–Kier alpha value is -3.40. The number of thioether (sulfide) groups is 1. The first-order valence-electron chi connectivity index (χ1n) is 10.9. The molecular weight excluding hydrogens is 480 g/mol. The number of anilines is 1. The molecule has 0 bridgehead atoms. The van der Waals surface area contributed by atoms with E-state index < -0.39 is 15.3 Å². The predicted molar refractivity (Wildman–Crippen MR) is 141 cm³/mol. The van der Waals surface area contributed by atoms with Gasteiger partial charge in [0.1, 0.15) is 0 Å². The number of nitrogens with zero attached hydrogens (tertiary/aromatic N) is 1. The standard InChI is InChI=1S/C26H26N4O3S2/c1-16-4-8-19(9-5-16)23-24(20-10-6-17(2)7-11-20)30-26(29-23)34-18(3)25(31)28-21-12-14-22(15-13-21)35(27,32)33/h4-15,18H,1-3H3,(H,28,31)(H,29,30)(H2,27,32,33). The first kappa shape index (κ1) is 24.7. The van der Waals surface area contributed by atoms with Crippen LogP contribution in [0.2, 0.25) is 0 Å². The van der Waals surface area contributed by atoms with Crippen LogP contribution in [0, 0.1) is 13.8 Å². The van der Waals surface area contributed by atoms with E-state index in [9.17, 15) is 13.2 Å². The van der Waals surface area contributed by atoms with Gasteiger partial charge in [0.25, 0.3) is 0 Å². The van der Waals surface area contributed by atoms with Gasteiger partial charge in [-0.25, -0.2) is 18.5 Å². The molecule has 4 rings (SSSR count). The van der Waals surface area contributed by atoms with Crippen molar-refractivity contribution in [2.75, 3.05) is 5.32 Å². The average molecular weight is 507 g/mol. The number of aromatic amines is 1. The smallest absolute Gasteiger partial charge is 0.238 e. The lowest BCUT2D eigenvalue weighted by Crippen LogP contribution is -2.22. The fourth-order valence-electron chi connectivity index (χ4n) is 3.45. The normalized spacial score (nSPS) is 12.3. The van der Waals surface area contributed by atoms with Gasteiger partial charge in [0.2, 0.25) is 15.9 Å². The van der Waals surface area contributed by atoms with Gasteiger partial charge in [-0.1, -0.05) is 71.4 Å². The van der Waals surface area contributed by atoms with E-state index in [1.165, 1.54) is 41.6 Å². The Balaban J connectivity index is 1.56. The van der Waals surface area contributed by atoms with Crippen molar-refractivity contribution in [2.24, 2.45) is 5.14 Å². The third-order valence-electron chi connectivity index (χ3n) is 5.46. The van der Waals surface area contributed by atoms with E-state index in [-0.39, 0.29) is 10.8 Å². The maximum atomic E-state index is 12.8. The highest BCUT2D eigenvalue weighted by atomic mass is 32.2. The van der Waals surface area contributed by atoms with Crippen molar-refractivity contribution >= 4 is 33.4 Å². The highest BCUT2D eigenvalue weighted by molar-refractivity contribution is 8.00. The lowest BCUT2D eigenvalue weighted by atomic mass is 10.0. The molecule has 0 aliphatic rings. The largest absolute Gasteiger partial charge is 0.332 e. The maximum Gasteiger partial charge on any atom is 0.238 e. The molecule has 0 saturated heterocycles. The minimum atomic E-state index is -3.79. The van der Waals surface area contributed by atoms with Gasteiger partial charge in [-0.05, 0) is 45.0 Å². The first-order chi connectivity index (χ1) is 16.6. The van der Waals surface area contributed by atoms with Crippen LogP contribution >= 0.6 is 11.8 Å². The first-order valence-corrected chi connectivity index (χ1v) is 13.4. The number of imidazole rings is 1. The van der Waals surface area contributed by atoms with Gasteiger partial charge in [0.15, 0.2) is 5.16 Å². The van der Waals surface area contributed by atoms with Gasteiger partial charge in [-0.2, -0.15) is 0 Å². The quantitative estimate of drug-likeness (QED) is 0.301. The molecule has 0 spiro atoms. The third kappa shape index (κ3) is 6.00. The zero-order chi connectivity index (χ0) is 25.2. The van der Waals surface area contributed by atoms with Crippen molar-refractivity contribution in [1.82, 2.24) is 9.97 Å². The molecule has 1 amide bonds. The van der Waals surface area contributed by atoms with Crippen molar-refractivity contribution in [3.8, 4) is 22.5 Å². The number of benzene rings is 3. The number of rotatable bonds is 7. The number of hydrogen-bond donors (Lipinski definition) is 3. The summed E-state index contributed by atoms with van der Waals surface area (Å²) in [4.78, 5) is 21.0. The fraction of sp³-hybridized carbons (Fsp3) is 0.154. The highest BCUT2D eigenvalue weighted by Gasteiger charge is 2.20. The highest BCUT2D eigenvalue weighted by Crippen LogP contribution is 2.34. The second kappa shape index (κ2) is 10.1. The molecule has 4 aromatic rings. The number of amides is 1. The van der Waals surface area contributed by atoms with Crippen LogP contribution < -0.4 is 10.5 Å². The van der Waals surface area contributed by atoms with Crippen LogP contribution in [0.4, 0.5) is 5.69 Å². The van der Waals surface area contributed by atoms with E-state index in [1.54, 1.807) is 6.92 Å². The monoisotopic (exact) mass is 506 g/mol. The van der Waals surface area contributed by atoms with Gasteiger partial charge in [-0.3, -0.25) is 4.79 Å². The van der Waals surface area contributed by atoms with Gasteiger partial charge in [-0.15, -0.1) is 0 Å². The zero-order valence-corrected chi connectivity index (χ0v) is 21.2. The van der Waals surface area contributed by atoms with Gasteiger partial charge < -0.3 is 10.3 Å². The molecule has 1 aromatic heterocycles. The lowest BCUT2D eigenvalue weighted by Gasteiger charge is -2.11. The molecule has 1 heterocycles. The molecule has 7 nitrogen and oxygen atoms in total. The van der Waals surface area contributed by atoms with Gasteiger partial charge in [0, 0.05) is 16.8 Å². The summed E-state index contributed by atoms with van der Waals surface area (Å²) in [5, 5.41) is 8.09. The Bertz CT molecular complexity index is 1380. The molecule has 1 atom stereocenters. The van der Waals surface area contributed by atoms with Gasteiger partial charge in [0.05, 0.1) is 21.5 Å². The minimum Gasteiger partial charge on any atom is -0.332 e. The number of H-pyrrole nitrogens is 1. The number of aryl methyl sites for hydroxylation is 2. The number of primary sulfonamides is 1. The van der Waals surface area contributed by atoms with Crippen molar-refractivity contribution in [3.05, 3.63) is 83.9 Å². The molecular formula is C26H26N4O3S2. The second-order valence-corrected chi connectivity index (χ2v) is 11.2. The fourth-order valence-corrected chi connectivity index (χ4v) is 4.77. The van der Waals surface area contributed by atoms with E-state index in [0.29, 0.717) is 10.8 Å². The van der Waals surface area contributed by atoms with Crippen molar-refractivity contribution < 1.29 is 13.2 Å². The molecule has 0 radical (unpaired) electrons. The van der Waals surface area contributed by atoms with Crippen LogP contribution in [0.5, 0.6) is 0 Å². The van der Waals surface area contributed by atoms with E-state index >= 15 is 0 Å². The number of sulfonamides is 1. The molecule has 4 N–H and O–H groups in total. The van der Waals surface area contributed by atoms with E-state index in [0.717, 1.165) is 28.1 Å². The number of carbonyl (C=O) groups is 1. The molecule has 0 fully saturated rings. The summed E-state index contributed by atoms with van der Waals surface area (Å²) in [6, 6.07) is 22.1. The van der Waals surface area contributed by atoms with E-state index in [4.69, 9.17) is 10.1 Å². The predicted octanol–water partition coefficient (Wildman–Crippen LogP) is 5.13. The van der Waals surface area contributed by atoms with Crippen molar-refractivity contribution in [2.45, 2.75) is 36.1 Å². The van der Waals surface area contributed by atoms with Crippen LogP contribution in [0.3, 0.4) is 0 Å². The Kier molecular flexibility index (Phi) is 7.11. The average Bonchev–Trinajstić information content (AvgIpc) is 3.23. The third-order valence-corrected chi connectivity index (χ3v) is 7.37. The van der Waals surface area contributed by atoms with Gasteiger partial charge >= 0.3 is 0 Å². The Labute approximate surface area is 209 Å². The van der Waals surface area contributed by atoms with E-state index in [1.807, 2.05) is 38.1 Å². The molecule has 180 valence electrons. The topological polar surface area (TPSA) is 118 Å². The molecule has 3 aromatic carbocycles. The van der Waals surface area contributed by atoms with Crippen LogP contribution in [-0.4, -0.2) is 29.5 Å². The second-order valence-electron chi connectivity index (χ2n) is 8.32. The molecule has 1 unspecified atom stereocenters. The van der Waals surface area contributed by atoms with Crippen molar-refractivity contribution in [1.29, 1.82) is 0 Å². The summed E-state index contributed by atoms with van der Waals surface area (Å²) in [7, 11) is -3.79. The Morgan fingerprint density at radius 3 is 2.00 bits per heavy atom. The summed E-state index contributed by atoms with van der Waals surface area (Å²) in [6.45, 7) is 5.87. The summed E-state index contributed by atoms with van der Waals surface area (Å²) in [5.74, 6) is -0.233. The molecule has 0 saturated carbocycles. The molecule has 0 aliphatic carbocycles. The molecule has 0 aliphatic heterocycles. The minimum absolute atomic E-state index is 0.0132. The number of nitrogens with one attached hydrogen (secondary N) is 2. The Morgan fingerprint density at radius 2 is 1.46 bits per heavy atom. The van der Waals surface area contributed by atoms with Crippen LogP contribution in [0.1, 0.15) is 18.1 Å².